The van der Waals surface area contributed by atoms with Crippen LogP contribution in [0.3, 0.4) is 0 Å². The predicted molar refractivity (Wildman–Crippen MR) is 111 cm³/mol. The normalized spacial score (nSPS) is 19.0. The van der Waals surface area contributed by atoms with E-state index in [1.165, 1.54) is 16.7 Å². The summed E-state index contributed by atoms with van der Waals surface area (Å²) in [5, 5.41) is 7.71. The summed E-state index contributed by atoms with van der Waals surface area (Å²) >= 11 is 0. The number of rotatable bonds is 3. The average Bonchev–Trinajstić information content (AvgIpc) is 2.63. The Labute approximate surface area is 167 Å². The first-order valence-electron chi connectivity index (χ1n) is 8.62. The first kappa shape index (κ1) is 20.6. The molecule has 1 atom stereocenters. The fourth-order valence-electron chi connectivity index (χ4n) is 3.37. The maximum Gasteiger partial charge on any atom is 0.173 e. The monoisotopic (exact) mass is 393 g/mol. The van der Waals surface area contributed by atoms with Gasteiger partial charge in [-0.15, -0.1) is 24.8 Å². The van der Waals surface area contributed by atoms with Crippen LogP contribution < -0.4 is 5.32 Å². The van der Waals surface area contributed by atoms with Crippen LogP contribution in [-0.2, 0) is 17.8 Å². The van der Waals surface area contributed by atoms with E-state index in [0.717, 1.165) is 44.0 Å². The van der Waals surface area contributed by atoms with Crippen molar-refractivity contribution < 1.29 is 4.84 Å². The molecule has 26 heavy (non-hydrogen) atoms. The molecule has 1 unspecified atom stereocenters. The minimum Gasteiger partial charge on any atom is -0.388 e. The van der Waals surface area contributed by atoms with Crippen LogP contribution in [0.15, 0.2) is 53.7 Å². The molecule has 140 valence electrons. The summed E-state index contributed by atoms with van der Waals surface area (Å²) in [7, 11) is 0. The summed E-state index contributed by atoms with van der Waals surface area (Å²) in [6, 6.07) is 17.1. The minimum absolute atomic E-state index is 0. The van der Waals surface area contributed by atoms with Gasteiger partial charge in [-0.1, -0.05) is 59.3 Å². The number of fused-ring (bicyclic) bond motifs is 1. The number of halogens is 2. The fraction of sp³-hybridized carbons (Fsp3) is 0.350. The van der Waals surface area contributed by atoms with Gasteiger partial charge in [0.25, 0.3) is 0 Å². The topological polar surface area (TPSA) is 36.9 Å². The van der Waals surface area contributed by atoms with Crippen molar-refractivity contribution in [3.63, 3.8) is 0 Å². The average molecular weight is 394 g/mol. The second-order valence-corrected chi connectivity index (χ2v) is 6.67. The summed E-state index contributed by atoms with van der Waals surface area (Å²) in [6.07, 6.45) is 1.22. The third-order valence-electron chi connectivity index (χ3n) is 4.79. The fourth-order valence-corrected chi connectivity index (χ4v) is 3.37. The molecular weight excluding hydrogens is 369 g/mol. The number of benzene rings is 2. The second-order valence-electron chi connectivity index (χ2n) is 6.67. The zero-order chi connectivity index (χ0) is 16.4. The van der Waals surface area contributed by atoms with E-state index < -0.39 is 0 Å². The van der Waals surface area contributed by atoms with Crippen LogP contribution in [0.5, 0.6) is 0 Å². The van der Waals surface area contributed by atoms with Crippen molar-refractivity contribution >= 4 is 30.6 Å². The first-order valence-corrected chi connectivity index (χ1v) is 8.62. The van der Waals surface area contributed by atoms with Crippen LogP contribution in [0.25, 0.3) is 0 Å². The smallest absolute Gasteiger partial charge is 0.173 e. The van der Waals surface area contributed by atoms with Gasteiger partial charge in [0.05, 0.1) is 6.54 Å². The van der Waals surface area contributed by atoms with Crippen LogP contribution in [-0.4, -0.2) is 36.5 Å². The molecular formula is C20H25Cl2N3O. The van der Waals surface area contributed by atoms with E-state index in [0.29, 0.717) is 0 Å². The third-order valence-corrected chi connectivity index (χ3v) is 4.79. The molecule has 2 aliphatic rings. The molecule has 0 amide bonds. The molecule has 0 aromatic heterocycles. The summed E-state index contributed by atoms with van der Waals surface area (Å²) in [4.78, 5) is 8.21. The Bertz CT molecular complexity index is 749. The van der Waals surface area contributed by atoms with Crippen LogP contribution in [0.2, 0.25) is 0 Å². The van der Waals surface area contributed by atoms with Crippen LogP contribution in [0.4, 0.5) is 0 Å². The highest BCUT2D eigenvalue weighted by atomic mass is 35.5. The molecule has 2 aromatic carbocycles. The van der Waals surface area contributed by atoms with Crippen molar-refractivity contribution in [2.45, 2.75) is 26.0 Å². The summed E-state index contributed by atoms with van der Waals surface area (Å²) in [6.45, 7) is 5.88. The lowest BCUT2D eigenvalue weighted by molar-refractivity contribution is 0.0204. The van der Waals surface area contributed by atoms with Gasteiger partial charge in [0.2, 0.25) is 0 Å². The summed E-state index contributed by atoms with van der Waals surface area (Å²) < 4.78 is 0. The van der Waals surface area contributed by atoms with Gasteiger partial charge in [-0.3, -0.25) is 4.90 Å². The second kappa shape index (κ2) is 9.26. The number of hydrogen-bond donors (Lipinski definition) is 1. The molecule has 2 heterocycles. The Morgan fingerprint density at radius 3 is 2.50 bits per heavy atom. The molecule has 1 N–H and O–H groups in total. The predicted octanol–water partition coefficient (Wildman–Crippen LogP) is 3.55. The maximum atomic E-state index is 5.75. The molecule has 6 heteroatoms. The van der Waals surface area contributed by atoms with E-state index >= 15 is 0 Å². The molecule has 2 aliphatic heterocycles. The van der Waals surface area contributed by atoms with Gasteiger partial charge in [-0.2, -0.15) is 0 Å². The van der Waals surface area contributed by atoms with Crippen LogP contribution in [0.1, 0.15) is 22.3 Å². The molecule has 0 saturated heterocycles. The summed E-state index contributed by atoms with van der Waals surface area (Å²) in [5.41, 5.74) is 5.25. The molecule has 4 rings (SSSR count). The van der Waals surface area contributed by atoms with E-state index in [9.17, 15) is 0 Å². The minimum atomic E-state index is 0. The zero-order valence-electron chi connectivity index (χ0n) is 14.9. The van der Waals surface area contributed by atoms with E-state index in [1.807, 2.05) is 0 Å². The Kier molecular flexibility index (Phi) is 7.33. The highest BCUT2D eigenvalue weighted by Gasteiger charge is 2.23. The molecule has 0 fully saturated rings. The highest BCUT2D eigenvalue weighted by molar-refractivity contribution is 5.98. The van der Waals surface area contributed by atoms with E-state index in [2.05, 4.69) is 70.8 Å². The van der Waals surface area contributed by atoms with Gasteiger partial charge >= 0.3 is 0 Å². The zero-order valence-corrected chi connectivity index (χ0v) is 16.5. The van der Waals surface area contributed by atoms with E-state index in [4.69, 9.17) is 4.84 Å². The van der Waals surface area contributed by atoms with Gasteiger partial charge in [0, 0.05) is 25.2 Å². The Morgan fingerprint density at radius 2 is 1.81 bits per heavy atom. The third kappa shape index (κ3) is 4.70. The standard InChI is InChI=1S/C20H23N3O.2ClH/c1-15-6-8-17(9-7-15)20-21-12-19(24-22-20)14-23-11-10-16-4-2-3-5-18(16)13-23;;/h2-9,19H,10-14H2,1H3,(H,21,22);2*1H. The largest absolute Gasteiger partial charge is 0.388 e. The number of nitrogens with one attached hydrogen (secondary N) is 1. The van der Waals surface area contributed by atoms with Gasteiger partial charge in [-0.25, -0.2) is 0 Å². The van der Waals surface area contributed by atoms with Crippen LogP contribution in [0, 0.1) is 6.92 Å². The number of aryl methyl sites for hydroxylation is 1. The van der Waals surface area contributed by atoms with Gasteiger partial charge in [0.15, 0.2) is 11.9 Å². The van der Waals surface area contributed by atoms with Crippen molar-refractivity contribution in [3.8, 4) is 0 Å². The lowest BCUT2D eigenvalue weighted by Gasteiger charge is -2.32. The highest BCUT2D eigenvalue weighted by Crippen LogP contribution is 2.19. The lowest BCUT2D eigenvalue weighted by atomic mass is 10.00. The summed E-state index contributed by atoms with van der Waals surface area (Å²) in [5.74, 6) is 0.829. The van der Waals surface area contributed by atoms with Crippen molar-refractivity contribution in [2.75, 3.05) is 19.6 Å². The van der Waals surface area contributed by atoms with E-state index in [1.54, 1.807) is 0 Å². The van der Waals surface area contributed by atoms with E-state index in [-0.39, 0.29) is 30.9 Å². The number of hydrogen-bond acceptors (Lipinski definition) is 4. The quantitative estimate of drug-likeness (QED) is 0.865. The van der Waals surface area contributed by atoms with Crippen molar-refractivity contribution in [3.05, 3.63) is 70.8 Å². The molecule has 4 nitrogen and oxygen atoms in total. The van der Waals surface area contributed by atoms with Crippen molar-refractivity contribution in [1.29, 1.82) is 0 Å². The Balaban J connectivity index is 0.00000121. The van der Waals surface area contributed by atoms with Gasteiger partial charge in [0.1, 0.15) is 0 Å². The van der Waals surface area contributed by atoms with Crippen LogP contribution >= 0.6 is 24.8 Å². The lowest BCUT2D eigenvalue weighted by Crippen LogP contribution is -2.45. The molecule has 2 aromatic rings. The molecule has 0 saturated carbocycles. The maximum absolute atomic E-state index is 5.75. The molecule has 0 aliphatic carbocycles. The Morgan fingerprint density at radius 1 is 1.08 bits per heavy atom. The number of amidine groups is 1. The van der Waals surface area contributed by atoms with Crippen molar-refractivity contribution in [2.24, 2.45) is 5.16 Å². The first-order chi connectivity index (χ1) is 11.8. The Hall–Kier alpha value is -1.75. The SMILES string of the molecule is Cc1ccc(C2=NOC(CN3CCc4ccccc4C3)CN2)cc1.Cl.Cl. The molecule has 0 bridgehead atoms. The number of oxime groups is 1. The van der Waals surface area contributed by atoms with Gasteiger partial charge < -0.3 is 10.2 Å². The van der Waals surface area contributed by atoms with Gasteiger partial charge in [-0.05, 0) is 24.5 Å². The number of nitrogens with zero attached hydrogens (tertiary/aromatic N) is 2. The van der Waals surface area contributed by atoms with Crippen molar-refractivity contribution in [1.82, 2.24) is 10.2 Å². The molecule has 0 radical (unpaired) electrons. The molecule has 0 spiro atoms.